The largest absolute Gasteiger partial charge is 0.465 e. The molecule has 0 unspecified atom stereocenters. The second-order valence-electron chi connectivity index (χ2n) is 1.87. The Kier molecular flexibility index (Phi) is 5.94. The van der Waals surface area contributed by atoms with Crippen molar-refractivity contribution in [1.82, 2.24) is 5.32 Å². The molecule has 70 valence electrons. The lowest BCUT2D eigenvalue weighted by Crippen LogP contribution is -2.30. The van der Waals surface area contributed by atoms with Crippen molar-refractivity contribution in [2.24, 2.45) is 0 Å². The van der Waals surface area contributed by atoms with Crippen LogP contribution in [0.5, 0.6) is 0 Å². The van der Waals surface area contributed by atoms with E-state index in [1.54, 1.807) is 6.92 Å². The van der Waals surface area contributed by atoms with Crippen molar-refractivity contribution in [3.63, 3.8) is 0 Å². The molecule has 0 spiro atoms. The van der Waals surface area contributed by atoms with Crippen LogP contribution in [-0.2, 0) is 19.2 Å². The van der Waals surface area contributed by atoms with Crippen LogP contribution in [0.25, 0.3) is 0 Å². The fourth-order valence-corrected chi connectivity index (χ4v) is 0.511. The van der Waals surface area contributed by atoms with Crippen LogP contribution in [0.3, 0.4) is 0 Å². The standard InChI is InChI=1S/C6H11NO5/c1-2-11-5(8)3-7-4-6(9)12-10/h7,10H,2-4H2,1H3. The van der Waals surface area contributed by atoms with Gasteiger partial charge in [0.25, 0.3) is 0 Å². The van der Waals surface area contributed by atoms with E-state index in [0.717, 1.165) is 0 Å². The molecule has 0 amide bonds. The Morgan fingerprint density at radius 3 is 2.42 bits per heavy atom. The molecule has 0 saturated heterocycles. The van der Waals surface area contributed by atoms with E-state index in [2.05, 4.69) is 14.9 Å². The number of ether oxygens (including phenoxy) is 1. The van der Waals surface area contributed by atoms with Gasteiger partial charge in [-0.1, -0.05) is 0 Å². The van der Waals surface area contributed by atoms with Crippen LogP contribution >= 0.6 is 0 Å². The molecule has 0 saturated carbocycles. The van der Waals surface area contributed by atoms with Crippen LogP contribution in [0.2, 0.25) is 0 Å². The average molecular weight is 177 g/mol. The summed E-state index contributed by atoms with van der Waals surface area (Å²) in [4.78, 5) is 24.2. The van der Waals surface area contributed by atoms with Crippen LogP contribution in [0.4, 0.5) is 0 Å². The van der Waals surface area contributed by atoms with Crippen molar-refractivity contribution in [2.75, 3.05) is 19.7 Å². The van der Waals surface area contributed by atoms with E-state index in [1.165, 1.54) is 0 Å². The van der Waals surface area contributed by atoms with Gasteiger partial charge < -0.3 is 4.74 Å². The molecule has 6 nitrogen and oxygen atoms in total. The van der Waals surface area contributed by atoms with Gasteiger partial charge in [-0.25, -0.2) is 4.79 Å². The topological polar surface area (TPSA) is 84.9 Å². The lowest BCUT2D eigenvalue weighted by atomic mass is 10.6. The maximum atomic E-state index is 10.6. The molecule has 0 atom stereocenters. The van der Waals surface area contributed by atoms with Crippen molar-refractivity contribution in [3.05, 3.63) is 0 Å². The molecular weight excluding hydrogens is 166 g/mol. The first-order valence-electron chi connectivity index (χ1n) is 3.41. The quantitative estimate of drug-likeness (QED) is 0.323. The third-order valence-corrected chi connectivity index (χ3v) is 0.946. The van der Waals surface area contributed by atoms with E-state index < -0.39 is 11.9 Å². The van der Waals surface area contributed by atoms with Gasteiger partial charge in [0.2, 0.25) is 0 Å². The molecule has 0 aliphatic heterocycles. The second-order valence-corrected chi connectivity index (χ2v) is 1.87. The van der Waals surface area contributed by atoms with E-state index >= 15 is 0 Å². The van der Waals surface area contributed by atoms with E-state index in [-0.39, 0.29) is 13.1 Å². The van der Waals surface area contributed by atoms with Gasteiger partial charge in [-0.3, -0.25) is 15.0 Å². The molecule has 0 aliphatic carbocycles. The Labute approximate surface area is 69.4 Å². The van der Waals surface area contributed by atoms with Crippen LogP contribution in [-0.4, -0.2) is 36.9 Å². The zero-order valence-corrected chi connectivity index (χ0v) is 6.70. The molecule has 0 aliphatic rings. The lowest BCUT2D eigenvalue weighted by molar-refractivity contribution is -0.233. The van der Waals surface area contributed by atoms with Gasteiger partial charge in [-0.05, 0) is 6.92 Å². The van der Waals surface area contributed by atoms with Crippen LogP contribution in [0.15, 0.2) is 0 Å². The van der Waals surface area contributed by atoms with Crippen molar-refractivity contribution in [1.29, 1.82) is 0 Å². The lowest BCUT2D eigenvalue weighted by Gasteiger charge is -2.01. The zero-order valence-electron chi connectivity index (χ0n) is 6.70. The summed E-state index contributed by atoms with van der Waals surface area (Å²) in [7, 11) is 0. The maximum Gasteiger partial charge on any atom is 0.355 e. The van der Waals surface area contributed by atoms with E-state index in [9.17, 15) is 9.59 Å². The maximum absolute atomic E-state index is 10.6. The van der Waals surface area contributed by atoms with Crippen molar-refractivity contribution in [3.8, 4) is 0 Å². The molecule has 0 rings (SSSR count). The van der Waals surface area contributed by atoms with Gasteiger partial charge in [-0.15, -0.1) is 0 Å². The summed E-state index contributed by atoms with van der Waals surface area (Å²) >= 11 is 0. The Hall–Kier alpha value is -1.14. The predicted molar refractivity (Wildman–Crippen MR) is 38.2 cm³/mol. The summed E-state index contributed by atoms with van der Waals surface area (Å²) in [5.74, 6) is -1.30. The third kappa shape index (κ3) is 5.63. The number of carbonyl (C=O) groups is 2. The predicted octanol–water partition coefficient (Wildman–Crippen LogP) is -0.845. The first kappa shape index (κ1) is 10.9. The monoisotopic (exact) mass is 177 g/mol. The number of hydrogen-bond acceptors (Lipinski definition) is 6. The van der Waals surface area contributed by atoms with E-state index in [4.69, 9.17) is 5.26 Å². The number of carbonyl (C=O) groups excluding carboxylic acids is 2. The molecule has 0 radical (unpaired) electrons. The molecule has 0 fully saturated rings. The van der Waals surface area contributed by atoms with E-state index in [1.807, 2.05) is 0 Å². The Morgan fingerprint density at radius 1 is 1.33 bits per heavy atom. The Balaban J connectivity index is 3.30. The van der Waals surface area contributed by atoms with E-state index in [0.29, 0.717) is 6.61 Å². The van der Waals surface area contributed by atoms with Gasteiger partial charge in [0.1, 0.15) is 0 Å². The third-order valence-electron chi connectivity index (χ3n) is 0.946. The Bertz CT molecular complexity index is 158. The first-order valence-corrected chi connectivity index (χ1v) is 3.41. The molecule has 0 heterocycles. The molecular formula is C6H11NO5. The van der Waals surface area contributed by atoms with Crippen LogP contribution in [0, 0.1) is 0 Å². The second kappa shape index (κ2) is 6.56. The van der Waals surface area contributed by atoms with Gasteiger partial charge in [0.15, 0.2) is 0 Å². The minimum absolute atomic E-state index is 0.0804. The summed E-state index contributed by atoms with van der Waals surface area (Å²) in [6.07, 6.45) is 0. The van der Waals surface area contributed by atoms with Gasteiger partial charge >= 0.3 is 11.9 Å². The molecule has 0 aromatic rings. The SMILES string of the molecule is CCOC(=O)CNCC(=O)OO. The summed E-state index contributed by atoms with van der Waals surface area (Å²) in [5.41, 5.74) is 0. The number of esters is 1. The fourth-order valence-electron chi connectivity index (χ4n) is 0.511. The highest BCUT2D eigenvalue weighted by Crippen LogP contribution is 1.75. The molecule has 2 N–H and O–H groups in total. The summed E-state index contributed by atoms with van der Waals surface area (Å²) in [6, 6.07) is 0. The first-order chi connectivity index (χ1) is 5.70. The summed E-state index contributed by atoms with van der Waals surface area (Å²) in [6.45, 7) is 1.67. The molecule has 0 bridgehead atoms. The zero-order chi connectivity index (χ0) is 9.40. The number of rotatable bonds is 5. The smallest absolute Gasteiger partial charge is 0.355 e. The minimum atomic E-state index is -0.848. The summed E-state index contributed by atoms with van der Waals surface area (Å²) < 4.78 is 4.54. The van der Waals surface area contributed by atoms with Crippen LogP contribution < -0.4 is 5.32 Å². The van der Waals surface area contributed by atoms with Crippen molar-refractivity contribution >= 4 is 11.9 Å². The van der Waals surface area contributed by atoms with Gasteiger partial charge in [-0.2, -0.15) is 5.26 Å². The fraction of sp³-hybridized carbons (Fsp3) is 0.667. The normalized spacial score (nSPS) is 9.17. The Morgan fingerprint density at radius 2 is 1.92 bits per heavy atom. The highest BCUT2D eigenvalue weighted by molar-refractivity contribution is 5.74. The number of nitrogens with one attached hydrogen (secondary N) is 1. The van der Waals surface area contributed by atoms with Gasteiger partial charge in [0.05, 0.1) is 19.7 Å². The highest BCUT2D eigenvalue weighted by atomic mass is 17.1. The van der Waals surface area contributed by atoms with Crippen LogP contribution in [0.1, 0.15) is 6.92 Å². The van der Waals surface area contributed by atoms with Crippen molar-refractivity contribution < 1.29 is 24.5 Å². The van der Waals surface area contributed by atoms with Crippen molar-refractivity contribution in [2.45, 2.75) is 6.92 Å². The molecule has 0 aromatic carbocycles. The highest BCUT2D eigenvalue weighted by Gasteiger charge is 2.04. The van der Waals surface area contributed by atoms with Gasteiger partial charge in [0, 0.05) is 0 Å². The molecule has 6 heteroatoms. The average Bonchev–Trinajstić information content (AvgIpc) is 2.04. The minimum Gasteiger partial charge on any atom is -0.465 e. The number of hydrogen-bond donors (Lipinski definition) is 2. The molecule has 0 aromatic heterocycles. The summed E-state index contributed by atoms with van der Waals surface area (Å²) in [5, 5.41) is 10.2. The molecule has 12 heavy (non-hydrogen) atoms.